The van der Waals surface area contributed by atoms with Gasteiger partial charge in [-0.05, 0) is 24.6 Å². The minimum atomic E-state index is -1.34. The molecule has 0 fully saturated rings. The minimum absolute atomic E-state index is 0.161. The average Bonchev–Trinajstić information content (AvgIpc) is 2.39. The Labute approximate surface area is 110 Å². The van der Waals surface area contributed by atoms with E-state index in [1.807, 2.05) is 18.2 Å². The summed E-state index contributed by atoms with van der Waals surface area (Å²) in [5.41, 5.74) is 1.19. The third-order valence-electron chi connectivity index (χ3n) is 2.67. The maximum atomic E-state index is 13.9. The lowest BCUT2D eigenvalue weighted by molar-refractivity contribution is -0.312. The minimum Gasteiger partial charge on any atom is -0.546 e. The Kier molecular flexibility index (Phi) is 3.80. The topological polar surface area (TPSA) is 49.4 Å². The predicted octanol–water partition coefficient (Wildman–Crippen LogP) is 2.01. The molecule has 0 radical (unpaired) electrons. The fourth-order valence-corrected chi connectivity index (χ4v) is 1.67. The zero-order valence-electron chi connectivity index (χ0n) is 10.3. The summed E-state index contributed by atoms with van der Waals surface area (Å²) in [6, 6.07) is 13.3. The Hall–Kier alpha value is -2.36. The van der Waals surface area contributed by atoms with Gasteiger partial charge in [0.15, 0.2) is 0 Å². The molecule has 0 saturated heterocycles. The van der Waals surface area contributed by atoms with Gasteiger partial charge in [-0.15, -0.1) is 0 Å². The van der Waals surface area contributed by atoms with Crippen LogP contribution in [0, 0.1) is 5.82 Å². The largest absolute Gasteiger partial charge is 0.546 e. The van der Waals surface area contributed by atoms with Crippen molar-refractivity contribution in [1.29, 1.82) is 0 Å². The molecule has 2 aromatic rings. The van der Waals surface area contributed by atoms with Gasteiger partial charge in [-0.3, -0.25) is 0 Å². The zero-order valence-corrected chi connectivity index (χ0v) is 10.3. The average molecular weight is 259 g/mol. The number of halogens is 1. The molecule has 98 valence electrons. The molecule has 0 N–H and O–H groups in total. The Balaban J connectivity index is 2.25. The smallest absolute Gasteiger partial charge is 0.135 e. The first kappa shape index (κ1) is 13.1. The van der Waals surface area contributed by atoms with E-state index >= 15 is 0 Å². The molecule has 0 unspecified atom stereocenters. The van der Waals surface area contributed by atoms with E-state index in [-0.39, 0.29) is 5.75 Å². The molecule has 0 bridgehead atoms. The number of aliphatic carboxylic acids is 1. The fraction of sp³-hybridized carbons (Fsp3) is 0.133. The van der Waals surface area contributed by atoms with Gasteiger partial charge in [-0.2, -0.15) is 0 Å². The molecule has 0 aromatic heterocycles. The van der Waals surface area contributed by atoms with Crippen LogP contribution in [0.4, 0.5) is 4.39 Å². The van der Waals surface area contributed by atoms with Crippen LogP contribution < -0.4 is 9.84 Å². The van der Waals surface area contributed by atoms with Crippen molar-refractivity contribution in [3.8, 4) is 16.9 Å². The molecule has 0 saturated carbocycles. The van der Waals surface area contributed by atoms with Crippen molar-refractivity contribution in [3.05, 3.63) is 54.3 Å². The van der Waals surface area contributed by atoms with Crippen LogP contribution in [0.25, 0.3) is 11.1 Å². The van der Waals surface area contributed by atoms with Crippen LogP contribution >= 0.6 is 0 Å². The van der Waals surface area contributed by atoms with E-state index in [9.17, 15) is 14.3 Å². The third kappa shape index (κ3) is 3.10. The van der Waals surface area contributed by atoms with E-state index in [0.29, 0.717) is 5.56 Å². The Morgan fingerprint density at radius 1 is 1.21 bits per heavy atom. The second-order valence-corrected chi connectivity index (χ2v) is 4.09. The van der Waals surface area contributed by atoms with Crippen LogP contribution in [-0.2, 0) is 4.79 Å². The van der Waals surface area contributed by atoms with Gasteiger partial charge in [0.2, 0.25) is 0 Å². The predicted molar refractivity (Wildman–Crippen MR) is 66.9 cm³/mol. The number of benzene rings is 2. The molecule has 3 nitrogen and oxygen atoms in total. The molecule has 0 spiro atoms. The number of carboxylic acids is 1. The number of hydrogen-bond acceptors (Lipinski definition) is 3. The van der Waals surface area contributed by atoms with Crippen molar-refractivity contribution in [2.75, 3.05) is 0 Å². The zero-order chi connectivity index (χ0) is 13.8. The molecular weight excluding hydrogens is 247 g/mol. The Morgan fingerprint density at radius 3 is 2.47 bits per heavy atom. The monoisotopic (exact) mass is 259 g/mol. The standard InChI is InChI=1S/C15H13FO3/c1-10(15(17)18)19-12-7-8-13(14(16)9-12)11-5-3-2-4-6-11/h2-10H,1H3,(H,17,18)/p-1/t10-/m0/s1. The first-order chi connectivity index (χ1) is 9.08. The van der Waals surface area contributed by atoms with E-state index in [0.717, 1.165) is 5.56 Å². The van der Waals surface area contributed by atoms with Crippen LogP contribution in [0.3, 0.4) is 0 Å². The van der Waals surface area contributed by atoms with Gasteiger partial charge in [0.1, 0.15) is 17.7 Å². The first-order valence-corrected chi connectivity index (χ1v) is 5.80. The molecule has 0 heterocycles. The highest BCUT2D eigenvalue weighted by Crippen LogP contribution is 2.26. The summed E-state index contributed by atoms with van der Waals surface area (Å²) < 4.78 is 19.0. The van der Waals surface area contributed by atoms with E-state index < -0.39 is 17.9 Å². The van der Waals surface area contributed by atoms with E-state index in [1.54, 1.807) is 18.2 Å². The quantitative estimate of drug-likeness (QED) is 0.844. The normalized spacial score (nSPS) is 11.9. The van der Waals surface area contributed by atoms with Crippen molar-refractivity contribution < 1.29 is 19.0 Å². The van der Waals surface area contributed by atoms with Gasteiger partial charge in [0, 0.05) is 11.6 Å². The summed E-state index contributed by atoms with van der Waals surface area (Å²) in [7, 11) is 0. The summed E-state index contributed by atoms with van der Waals surface area (Å²) in [6.45, 7) is 1.33. The first-order valence-electron chi connectivity index (χ1n) is 5.80. The van der Waals surface area contributed by atoms with E-state index in [2.05, 4.69) is 0 Å². The lowest BCUT2D eigenvalue weighted by Gasteiger charge is -2.15. The van der Waals surface area contributed by atoms with Crippen molar-refractivity contribution in [1.82, 2.24) is 0 Å². The number of carboxylic acid groups (broad SMARTS) is 1. The summed E-state index contributed by atoms with van der Waals surface area (Å²) in [4.78, 5) is 10.5. The lowest BCUT2D eigenvalue weighted by atomic mass is 10.1. The second kappa shape index (κ2) is 5.52. The van der Waals surface area contributed by atoms with Gasteiger partial charge in [0.25, 0.3) is 0 Å². The third-order valence-corrected chi connectivity index (χ3v) is 2.67. The van der Waals surface area contributed by atoms with Crippen LogP contribution in [0.5, 0.6) is 5.75 Å². The molecular formula is C15H12FO3-. The van der Waals surface area contributed by atoms with Gasteiger partial charge >= 0.3 is 0 Å². The van der Waals surface area contributed by atoms with E-state index in [1.165, 1.54) is 19.1 Å². The SMILES string of the molecule is C[C@H](Oc1ccc(-c2ccccc2)c(F)c1)C(=O)[O-]. The van der Waals surface area contributed by atoms with Crippen LogP contribution in [0.15, 0.2) is 48.5 Å². The van der Waals surface area contributed by atoms with Crippen molar-refractivity contribution >= 4 is 5.97 Å². The Morgan fingerprint density at radius 2 is 1.89 bits per heavy atom. The molecule has 0 amide bonds. The molecule has 2 rings (SSSR count). The maximum Gasteiger partial charge on any atom is 0.135 e. The number of rotatable bonds is 4. The van der Waals surface area contributed by atoms with Gasteiger partial charge < -0.3 is 14.6 Å². The van der Waals surface area contributed by atoms with Gasteiger partial charge in [0.05, 0.1) is 5.97 Å². The number of carbonyl (C=O) groups is 1. The molecule has 1 atom stereocenters. The van der Waals surface area contributed by atoms with Crippen LogP contribution in [0.1, 0.15) is 6.92 Å². The second-order valence-electron chi connectivity index (χ2n) is 4.09. The van der Waals surface area contributed by atoms with Crippen molar-refractivity contribution in [3.63, 3.8) is 0 Å². The Bertz CT molecular complexity index is 581. The highest BCUT2D eigenvalue weighted by molar-refractivity contribution is 5.70. The molecule has 0 aliphatic rings. The van der Waals surface area contributed by atoms with Gasteiger partial charge in [-0.25, -0.2) is 4.39 Å². The summed E-state index contributed by atoms with van der Waals surface area (Å²) >= 11 is 0. The molecule has 0 aliphatic heterocycles. The molecule has 2 aromatic carbocycles. The molecule has 4 heteroatoms. The van der Waals surface area contributed by atoms with Crippen molar-refractivity contribution in [2.45, 2.75) is 13.0 Å². The number of carbonyl (C=O) groups excluding carboxylic acids is 1. The highest BCUT2D eigenvalue weighted by Gasteiger charge is 2.09. The summed E-state index contributed by atoms with van der Waals surface area (Å²) in [6.07, 6.45) is -1.12. The highest BCUT2D eigenvalue weighted by atomic mass is 19.1. The molecule has 0 aliphatic carbocycles. The number of hydrogen-bond donors (Lipinski definition) is 0. The van der Waals surface area contributed by atoms with Gasteiger partial charge in [-0.1, -0.05) is 30.3 Å². The molecule has 19 heavy (non-hydrogen) atoms. The lowest BCUT2D eigenvalue weighted by Crippen LogP contribution is -2.37. The van der Waals surface area contributed by atoms with Crippen LogP contribution in [0.2, 0.25) is 0 Å². The van der Waals surface area contributed by atoms with E-state index in [4.69, 9.17) is 4.74 Å². The van der Waals surface area contributed by atoms with Crippen LogP contribution in [-0.4, -0.2) is 12.1 Å². The summed E-state index contributed by atoms with van der Waals surface area (Å²) in [5.74, 6) is -1.64. The fourth-order valence-electron chi connectivity index (χ4n) is 1.67. The number of ether oxygens (including phenoxy) is 1. The summed E-state index contributed by atoms with van der Waals surface area (Å²) in [5, 5.41) is 10.5. The van der Waals surface area contributed by atoms with Crippen molar-refractivity contribution in [2.24, 2.45) is 0 Å². The maximum absolute atomic E-state index is 13.9.